The normalized spacial score (nSPS) is 19.4. The number of aromatic nitrogens is 5. The maximum absolute atomic E-state index is 9.76. The fourth-order valence-electron chi connectivity index (χ4n) is 5.34. The van der Waals surface area contributed by atoms with Gasteiger partial charge in [-0.1, -0.05) is 48.7 Å². The van der Waals surface area contributed by atoms with Crippen molar-refractivity contribution in [3.63, 3.8) is 0 Å². The molecule has 1 aliphatic carbocycles. The first-order valence-corrected chi connectivity index (χ1v) is 12.6. The number of nitrogens with zero attached hydrogens (tertiary/aromatic N) is 6. The molecule has 2 fully saturated rings. The van der Waals surface area contributed by atoms with Crippen LogP contribution >= 0.6 is 0 Å². The molecule has 0 radical (unpaired) electrons. The molecule has 4 aromatic rings. The van der Waals surface area contributed by atoms with E-state index in [9.17, 15) is 5.11 Å². The Kier molecular flexibility index (Phi) is 6.14. The van der Waals surface area contributed by atoms with E-state index in [0.717, 1.165) is 61.3 Å². The van der Waals surface area contributed by atoms with Gasteiger partial charge in [-0.05, 0) is 37.0 Å². The highest BCUT2D eigenvalue weighted by molar-refractivity contribution is 5.77. The van der Waals surface area contributed by atoms with E-state index < -0.39 is 0 Å². The second-order valence-electron chi connectivity index (χ2n) is 9.68. The fraction of sp³-hybridized carbons (Fsp3) is 0.407. The molecular formula is C27H30N6O2. The molecule has 6 rings (SSSR count). The molecule has 1 aliphatic heterocycles. The van der Waals surface area contributed by atoms with Gasteiger partial charge >= 0.3 is 0 Å². The summed E-state index contributed by atoms with van der Waals surface area (Å²) >= 11 is 0. The Labute approximate surface area is 204 Å². The molecule has 0 bridgehead atoms. The summed E-state index contributed by atoms with van der Waals surface area (Å²) in [6.45, 7) is 2.51. The Morgan fingerprint density at radius 2 is 1.74 bits per heavy atom. The molecule has 2 aliphatic rings. The van der Waals surface area contributed by atoms with E-state index in [-0.39, 0.29) is 6.10 Å². The van der Waals surface area contributed by atoms with Crippen molar-refractivity contribution >= 4 is 0 Å². The van der Waals surface area contributed by atoms with Crippen LogP contribution in [0.1, 0.15) is 50.1 Å². The third-order valence-corrected chi connectivity index (χ3v) is 7.19. The fourth-order valence-corrected chi connectivity index (χ4v) is 5.34. The van der Waals surface area contributed by atoms with Gasteiger partial charge in [-0.3, -0.25) is 14.6 Å². The summed E-state index contributed by atoms with van der Waals surface area (Å²) in [4.78, 5) is 11.2. The van der Waals surface area contributed by atoms with E-state index in [1.54, 1.807) is 12.4 Å². The zero-order valence-electron chi connectivity index (χ0n) is 19.8. The lowest BCUT2D eigenvalue weighted by atomic mass is 9.95. The van der Waals surface area contributed by atoms with Crippen LogP contribution < -0.4 is 0 Å². The number of likely N-dealkylation sites (tertiary alicyclic amines) is 1. The monoisotopic (exact) mass is 470 g/mol. The zero-order valence-corrected chi connectivity index (χ0v) is 19.8. The summed E-state index contributed by atoms with van der Waals surface area (Å²) in [5, 5.41) is 18.8. The summed E-state index contributed by atoms with van der Waals surface area (Å²) in [7, 11) is 0. The quantitative estimate of drug-likeness (QED) is 0.435. The van der Waals surface area contributed by atoms with Crippen molar-refractivity contribution < 1.29 is 9.63 Å². The van der Waals surface area contributed by atoms with E-state index in [4.69, 9.17) is 14.6 Å². The molecule has 8 heteroatoms. The van der Waals surface area contributed by atoms with E-state index in [1.165, 1.54) is 24.8 Å². The molecule has 1 unspecified atom stereocenters. The van der Waals surface area contributed by atoms with Gasteiger partial charge in [-0.25, -0.2) is 0 Å². The Hall–Kier alpha value is -3.36. The maximum Gasteiger partial charge on any atom is 0.262 e. The Bertz CT molecular complexity index is 1260. The number of aliphatic hydroxyl groups is 1. The summed E-state index contributed by atoms with van der Waals surface area (Å²) in [5.74, 6) is 1.04. The van der Waals surface area contributed by atoms with E-state index in [2.05, 4.69) is 31.9 Å². The van der Waals surface area contributed by atoms with Crippen molar-refractivity contribution in [1.82, 2.24) is 29.8 Å². The van der Waals surface area contributed by atoms with Gasteiger partial charge in [0.05, 0.1) is 29.6 Å². The first kappa shape index (κ1) is 22.1. The summed E-state index contributed by atoms with van der Waals surface area (Å²) < 4.78 is 7.90. The number of aliphatic hydroxyl groups excluding tert-OH is 1. The predicted molar refractivity (Wildman–Crippen MR) is 132 cm³/mol. The lowest BCUT2D eigenvalue weighted by Crippen LogP contribution is -2.21. The number of hydrogen-bond donors (Lipinski definition) is 1. The van der Waals surface area contributed by atoms with E-state index >= 15 is 0 Å². The van der Waals surface area contributed by atoms with Crippen LogP contribution in [0.3, 0.4) is 0 Å². The highest BCUT2D eigenvalue weighted by Gasteiger charge is 2.25. The van der Waals surface area contributed by atoms with Gasteiger partial charge in [-0.2, -0.15) is 10.1 Å². The maximum atomic E-state index is 9.76. The standard InChI is InChI=1S/C27H30N6O2/c34-23-12-15-32(18-23)17-19-6-8-21(9-7-19)26-30-27(35-31-26)24-16-29-33(22-4-2-1-3-5-22)25(24)20-10-13-28-14-11-20/h6-11,13-14,16,22-23,34H,1-5,12,15,17-18H2. The molecule has 1 saturated carbocycles. The Balaban J connectivity index is 1.28. The van der Waals surface area contributed by atoms with Crippen LogP contribution in [0, 0.1) is 0 Å². The minimum absolute atomic E-state index is 0.202. The van der Waals surface area contributed by atoms with E-state index in [0.29, 0.717) is 17.8 Å². The van der Waals surface area contributed by atoms with Crippen LogP contribution in [0.4, 0.5) is 0 Å². The lowest BCUT2D eigenvalue weighted by molar-refractivity contribution is 0.175. The minimum atomic E-state index is -0.202. The van der Waals surface area contributed by atoms with Crippen LogP contribution in [-0.4, -0.2) is 54.1 Å². The first-order valence-electron chi connectivity index (χ1n) is 12.6. The summed E-state index contributed by atoms with van der Waals surface area (Å²) in [6, 6.07) is 12.7. The van der Waals surface area contributed by atoms with Crippen molar-refractivity contribution in [2.75, 3.05) is 13.1 Å². The third-order valence-electron chi connectivity index (χ3n) is 7.19. The van der Waals surface area contributed by atoms with Crippen LogP contribution in [-0.2, 0) is 6.54 Å². The van der Waals surface area contributed by atoms with Crippen molar-refractivity contribution in [1.29, 1.82) is 0 Å². The summed E-state index contributed by atoms with van der Waals surface area (Å²) in [5.41, 5.74) is 5.03. The van der Waals surface area contributed by atoms with Gasteiger partial charge < -0.3 is 9.63 Å². The van der Waals surface area contributed by atoms with Gasteiger partial charge in [0.15, 0.2) is 0 Å². The van der Waals surface area contributed by atoms with Crippen molar-refractivity contribution in [2.45, 2.75) is 57.2 Å². The Morgan fingerprint density at radius 1 is 0.943 bits per heavy atom. The SMILES string of the molecule is OC1CCN(Cc2ccc(-c3noc(-c4cnn(C5CCCCC5)c4-c4ccncc4)n3)cc2)C1. The smallest absolute Gasteiger partial charge is 0.262 e. The first-order chi connectivity index (χ1) is 17.2. The largest absolute Gasteiger partial charge is 0.392 e. The molecule has 35 heavy (non-hydrogen) atoms. The van der Waals surface area contributed by atoms with Gasteiger partial charge in [-0.15, -0.1) is 0 Å². The molecular weight excluding hydrogens is 440 g/mol. The van der Waals surface area contributed by atoms with Crippen LogP contribution in [0.25, 0.3) is 34.1 Å². The van der Waals surface area contributed by atoms with Crippen molar-refractivity contribution in [3.05, 3.63) is 60.6 Å². The average molecular weight is 471 g/mol. The van der Waals surface area contributed by atoms with Crippen LogP contribution in [0.5, 0.6) is 0 Å². The molecule has 1 aromatic carbocycles. The number of pyridine rings is 1. The molecule has 1 atom stereocenters. The molecule has 8 nitrogen and oxygen atoms in total. The third kappa shape index (κ3) is 4.63. The molecule has 4 heterocycles. The Morgan fingerprint density at radius 3 is 2.49 bits per heavy atom. The highest BCUT2D eigenvalue weighted by atomic mass is 16.5. The highest BCUT2D eigenvalue weighted by Crippen LogP contribution is 2.37. The molecule has 0 amide bonds. The molecule has 0 spiro atoms. The van der Waals surface area contributed by atoms with E-state index in [1.807, 2.05) is 30.5 Å². The van der Waals surface area contributed by atoms with Crippen molar-refractivity contribution in [2.24, 2.45) is 0 Å². The second-order valence-corrected chi connectivity index (χ2v) is 9.68. The molecule has 1 N–H and O–H groups in total. The summed E-state index contributed by atoms with van der Waals surface area (Å²) in [6.07, 6.45) is 12.1. The molecule has 1 saturated heterocycles. The van der Waals surface area contributed by atoms with Gasteiger partial charge in [0, 0.05) is 43.2 Å². The van der Waals surface area contributed by atoms with Crippen LogP contribution in [0.2, 0.25) is 0 Å². The van der Waals surface area contributed by atoms with Gasteiger partial charge in [0.2, 0.25) is 5.82 Å². The number of β-amino-alcohol motifs (C(OH)–C–C–N with tert-alkyl or cyclic N) is 1. The topological polar surface area (TPSA) is 93.1 Å². The number of benzene rings is 1. The van der Waals surface area contributed by atoms with Gasteiger partial charge in [0.25, 0.3) is 5.89 Å². The molecule has 180 valence electrons. The average Bonchev–Trinajstić information content (AvgIpc) is 3.65. The number of hydrogen-bond acceptors (Lipinski definition) is 7. The molecule has 3 aromatic heterocycles. The second kappa shape index (κ2) is 9.71. The zero-order chi connectivity index (χ0) is 23.6. The van der Waals surface area contributed by atoms with Crippen LogP contribution in [0.15, 0.2) is 59.5 Å². The minimum Gasteiger partial charge on any atom is -0.392 e. The van der Waals surface area contributed by atoms with Gasteiger partial charge in [0.1, 0.15) is 0 Å². The van der Waals surface area contributed by atoms with Crippen molar-refractivity contribution in [3.8, 4) is 34.1 Å². The number of rotatable bonds is 6. The predicted octanol–water partition coefficient (Wildman–Crippen LogP) is 4.73. The lowest BCUT2D eigenvalue weighted by Gasteiger charge is -2.24.